The highest BCUT2D eigenvalue weighted by Gasteiger charge is 2.47. The highest BCUT2D eigenvalue weighted by Crippen LogP contribution is 2.40. The standard InChI is InChI=1S/C26H27FN4O4/c1-16-6-5-9-30-17(2)21(28-25(16)30)23(32)20-22(18-7-3-4-8-19(18)27)31(26(34)24(20)33)11-10-29-12-14-35-15-13-29/h3-9,22,32H,10-15H2,1-2H3. The number of benzene rings is 1. The Balaban J connectivity index is 1.62. The van der Waals surface area contributed by atoms with Crippen LogP contribution >= 0.6 is 0 Å². The van der Waals surface area contributed by atoms with Gasteiger partial charge in [-0.25, -0.2) is 9.37 Å². The topological polar surface area (TPSA) is 87.4 Å². The first-order valence-electron chi connectivity index (χ1n) is 11.7. The van der Waals surface area contributed by atoms with Crippen molar-refractivity contribution < 1.29 is 23.8 Å². The molecule has 0 radical (unpaired) electrons. The lowest BCUT2D eigenvalue weighted by Crippen LogP contribution is -2.42. The number of imidazole rings is 1. The van der Waals surface area contributed by atoms with Gasteiger partial charge in [0.15, 0.2) is 5.76 Å². The number of aliphatic hydroxyl groups is 1. The van der Waals surface area contributed by atoms with Gasteiger partial charge in [-0.15, -0.1) is 0 Å². The van der Waals surface area contributed by atoms with Crippen LogP contribution in [0.15, 0.2) is 48.2 Å². The van der Waals surface area contributed by atoms with Crippen LogP contribution in [-0.2, 0) is 14.3 Å². The van der Waals surface area contributed by atoms with Gasteiger partial charge >= 0.3 is 0 Å². The predicted molar refractivity (Wildman–Crippen MR) is 127 cm³/mol. The molecule has 5 rings (SSSR count). The summed E-state index contributed by atoms with van der Waals surface area (Å²) in [5, 5.41) is 11.4. The fraction of sp³-hybridized carbons (Fsp3) is 0.346. The summed E-state index contributed by atoms with van der Waals surface area (Å²) >= 11 is 0. The van der Waals surface area contributed by atoms with Crippen LogP contribution in [0.1, 0.15) is 28.6 Å². The number of pyridine rings is 1. The number of Topliss-reactive ketones (excluding diaryl/α,β-unsaturated/α-hetero) is 1. The molecule has 1 atom stereocenters. The monoisotopic (exact) mass is 478 g/mol. The van der Waals surface area contributed by atoms with E-state index in [1.54, 1.807) is 25.1 Å². The van der Waals surface area contributed by atoms with E-state index in [-0.39, 0.29) is 23.4 Å². The van der Waals surface area contributed by atoms with Gasteiger partial charge in [-0.2, -0.15) is 0 Å². The van der Waals surface area contributed by atoms with Crippen molar-refractivity contribution >= 4 is 23.1 Å². The molecule has 0 aliphatic carbocycles. The summed E-state index contributed by atoms with van der Waals surface area (Å²) in [5.41, 5.74) is 2.36. The molecular formula is C26H27FN4O4. The van der Waals surface area contributed by atoms with Crippen molar-refractivity contribution in [3.05, 3.63) is 76.5 Å². The zero-order valence-corrected chi connectivity index (χ0v) is 19.7. The Bertz CT molecular complexity index is 1340. The van der Waals surface area contributed by atoms with E-state index in [1.165, 1.54) is 11.0 Å². The van der Waals surface area contributed by atoms with E-state index in [2.05, 4.69) is 9.88 Å². The molecule has 0 spiro atoms. The number of aromatic nitrogens is 2. The fourth-order valence-corrected chi connectivity index (χ4v) is 4.88. The van der Waals surface area contributed by atoms with Gasteiger partial charge in [0.05, 0.1) is 30.5 Å². The number of morpholine rings is 1. The summed E-state index contributed by atoms with van der Waals surface area (Å²) < 4.78 is 22.2. The Kier molecular flexibility index (Phi) is 6.12. The second-order valence-electron chi connectivity index (χ2n) is 8.90. The van der Waals surface area contributed by atoms with Crippen LogP contribution in [-0.4, -0.2) is 75.4 Å². The lowest BCUT2D eigenvalue weighted by atomic mass is 9.96. The van der Waals surface area contributed by atoms with Crippen LogP contribution in [0.5, 0.6) is 0 Å². The number of aliphatic hydroxyl groups excluding tert-OH is 1. The Labute approximate surface area is 202 Å². The van der Waals surface area contributed by atoms with Crippen molar-refractivity contribution in [2.75, 3.05) is 39.4 Å². The fourth-order valence-electron chi connectivity index (χ4n) is 4.88. The van der Waals surface area contributed by atoms with E-state index in [0.717, 1.165) is 5.56 Å². The highest BCUT2D eigenvalue weighted by atomic mass is 19.1. The number of carbonyl (C=O) groups is 2. The summed E-state index contributed by atoms with van der Waals surface area (Å²) in [7, 11) is 0. The molecule has 2 aliphatic heterocycles. The van der Waals surface area contributed by atoms with Crippen LogP contribution in [0.2, 0.25) is 0 Å². The number of hydrogen-bond acceptors (Lipinski definition) is 6. The Morgan fingerprint density at radius 2 is 1.86 bits per heavy atom. The number of nitrogens with zero attached hydrogens (tertiary/aromatic N) is 4. The van der Waals surface area contributed by atoms with Crippen LogP contribution in [0.3, 0.4) is 0 Å². The average molecular weight is 479 g/mol. The lowest BCUT2D eigenvalue weighted by molar-refractivity contribution is -0.140. The van der Waals surface area contributed by atoms with Gasteiger partial charge in [-0.05, 0) is 31.5 Å². The van der Waals surface area contributed by atoms with Crippen LogP contribution in [0.25, 0.3) is 11.4 Å². The maximum absolute atomic E-state index is 15.0. The number of aryl methyl sites for hydroxylation is 2. The first-order valence-corrected chi connectivity index (χ1v) is 11.7. The molecule has 2 aliphatic rings. The quantitative estimate of drug-likeness (QED) is 0.345. The van der Waals surface area contributed by atoms with Gasteiger partial charge in [0, 0.05) is 37.9 Å². The van der Waals surface area contributed by atoms with Crippen molar-refractivity contribution in [1.29, 1.82) is 0 Å². The number of ether oxygens (including phenoxy) is 1. The van der Waals surface area contributed by atoms with Gasteiger partial charge in [0.25, 0.3) is 11.7 Å². The number of likely N-dealkylation sites (tertiary alicyclic amines) is 1. The molecule has 1 unspecified atom stereocenters. The summed E-state index contributed by atoms with van der Waals surface area (Å²) in [6, 6.07) is 8.75. The van der Waals surface area contributed by atoms with Gasteiger partial charge in [0.1, 0.15) is 17.2 Å². The molecule has 0 bridgehead atoms. The maximum atomic E-state index is 15.0. The molecule has 4 heterocycles. The molecule has 2 fully saturated rings. The van der Waals surface area contributed by atoms with Gasteiger partial charge in [-0.1, -0.05) is 24.3 Å². The summed E-state index contributed by atoms with van der Waals surface area (Å²) in [4.78, 5) is 34.5. The van der Waals surface area contributed by atoms with Gasteiger partial charge in [0.2, 0.25) is 0 Å². The van der Waals surface area contributed by atoms with Crippen LogP contribution < -0.4 is 0 Å². The van der Waals surface area contributed by atoms with Crippen LogP contribution in [0, 0.1) is 19.7 Å². The molecule has 2 aromatic heterocycles. The summed E-state index contributed by atoms with van der Waals surface area (Å²) in [6.45, 7) is 7.03. The van der Waals surface area contributed by atoms with Gasteiger partial charge < -0.3 is 19.1 Å². The van der Waals surface area contributed by atoms with E-state index >= 15 is 4.39 Å². The number of fused-ring (bicyclic) bond motifs is 1. The number of amides is 1. The number of carbonyl (C=O) groups excluding carboxylic acids is 2. The first-order chi connectivity index (χ1) is 16.9. The zero-order chi connectivity index (χ0) is 24.7. The second-order valence-corrected chi connectivity index (χ2v) is 8.90. The lowest BCUT2D eigenvalue weighted by Gasteiger charge is -2.31. The third kappa shape index (κ3) is 4.00. The molecule has 3 aromatic rings. The molecular weight excluding hydrogens is 451 g/mol. The predicted octanol–water partition coefficient (Wildman–Crippen LogP) is 2.84. The Hall–Kier alpha value is -3.56. The summed E-state index contributed by atoms with van der Waals surface area (Å²) in [6.07, 6.45) is 1.82. The number of ketones is 1. The van der Waals surface area contributed by atoms with E-state index in [1.807, 2.05) is 29.7 Å². The molecule has 35 heavy (non-hydrogen) atoms. The maximum Gasteiger partial charge on any atom is 0.295 e. The highest BCUT2D eigenvalue weighted by molar-refractivity contribution is 6.46. The largest absolute Gasteiger partial charge is 0.505 e. The molecule has 1 amide bonds. The number of hydrogen-bond donors (Lipinski definition) is 1. The third-order valence-electron chi connectivity index (χ3n) is 6.81. The zero-order valence-electron chi connectivity index (χ0n) is 19.7. The minimum atomic E-state index is -1.05. The molecule has 0 saturated carbocycles. The van der Waals surface area contributed by atoms with Crippen molar-refractivity contribution in [3.8, 4) is 0 Å². The van der Waals surface area contributed by atoms with E-state index < -0.39 is 29.3 Å². The normalized spacial score (nSPS) is 20.8. The number of halogens is 1. The van der Waals surface area contributed by atoms with Crippen molar-refractivity contribution in [2.45, 2.75) is 19.9 Å². The van der Waals surface area contributed by atoms with Crippen molar-refractivity contribution in [1.82, 2.24) is 19.2 Å². The second kappa shape index (κ2) is 9.24. The molecule has 2 saturated heterocycles. The smallest absolute Gasteiger partial charge is 0.295 e. The van der Waals surface area contributed by atoms with Crippen molar-refractivity contribution in [2.24, 2.45) is 0 Å². The van der Waals surface area contributed by atoms with E-state index in [9.17, 15) is 14.7 Å². The Morgan fingerprint density at radius 3 is 2.57 bits per heavy atom. The molecule has 1 aromatic carbocycles. The molecule has 1 N–H and O–H groups in total. The minimum Gasteiger partial charge on any atom is -0.505 e. The SMILES string of the molecule is Cc1cccn2c(C)c(C(O)=C3C(=O)C(=O)N(CCN4CCOCC4)C3c3ccccc3F)nc12. The Morgan fingerprint density at radius 1 is 1.11 bits per heavy atom. The molecule has 8 nitrogen and oxygen atoms in total. The third-order valence-corrected chi connectivity index (χ3v) is 6.81. The number of rotatable bonds is 5. The van der Waals surface area contributed by atoms with E-state index in [0.29, 0.717) is 44.2 Å². The first kappa shape index (κ1) is 23.2. The van der Waals surface area contributed by atoms with E-state index in [4.69, 9.17) is 4.74 Å². The van der Waals surface area contributed by atoms with Gasteiger partial charge in [-0.3, -0.25) is 14.5 Å². The van der Waals surface area contributed by atoms with Crippen LogP contribution in [0.4, 0.5) is 4.39 Å². The minimum absolute atomic E-state index is 0.147. The van der Waals surface area contributed by atoms with Crippen molar-refractivity contribution in [3.63, 3.8) is 0 Å². The summed E-state index contributed by atoms with van der Waals surface area (Å²) in [5.74, 6) is -2.55. The molecule has 9 heteroatoms. The average Bonchev–Trinajstić information content (AvgIpc) is 3.33. The molecule has 182 valence electrons.